The molecule has 1 saturated heterocycles. The van der Waals surface area contributed by atoms with Gasteiger partial charge in [0.2, 0.25) is 11.8 Å². The normalized spacial score (nSPS) is 15.9. The highest BCUT2D eigenvalue weighted by atomic mass is 32.2. The fourth-order valence-electron chi connectivity index (χ4n) is 7.16. The Morgan fingerprint density at radius 3 is 2.47 bits per heavy atom. The first-order chi connectivity index (χ1) is 24.5. The minimum absolute atomic E-state index is 0.0181. The monoisotopic (exact) mass is 714 g/mol. The molecule has 0 spiro atoms. The van der Waals surface area contributed by atoms with Crippen molar-refractivity contribution in [2.45, 2.75) is 63.3 Å². The summed E-state index contributed by atoms with van der Waals surface area (Å²) < 4.78 is 41.4. The number of benzene rings is 3. The van der Waals surface area contributed by atoms with Gasteiger partial charge in [-0.3, -0.25) is 14.4 Å². The van der Waals surface area contributed by atoms with Gasteiger partial charge in [-0.25, -0.2) is 13.1 Å². The molecule has 2 N–H and O–H groups in total. The van der Waals surface area contributed by atoms with E-state index in [2.05, 4.69) is 10.0 Å². The molecule has 11 nitrogen and oxygen atoms in total. The van der Waals surface area contributed by atoms with Crippen LogP contribution in [0.25, 0.3) is 10.9 Å². The number of hydrogen-bond donors (Lipinski definition) is 2. The van der Waals surface area contributed by atoms with Crippen LogP contribution in [0.1, 0.15) is 71.1 Å². The second-order valence-electron chi connectivity index (χ2n) is 13.6. The van der Waals surface area contributed by atoms with Gasteiger partial charge in [-0.1, -0.05) is 49.2 Å². The number of rotatable bonds is 12. The van der Waals surface area contributed by atoms with E-state index in [0.29, 0.717) is 56.6 Å². The van der Waals surface area contributed by atoms with E-state index in [0.717, 1.165) is 40.4 Å². The van der Waals surface area contributed by atoms with Crippen molar-refractivity contribution in [2.24, 2.45) is 5.92 Å². The molecule has 1 aliphatic heterocycles. The van der Waals surface area contributed by atoms with Gasteiger partial charge >= 0.3 is 0 Å². The summed E-state index contributed by atoms with van der Waals surface area (Å²) in [5, 5.41) is 4.03. The fraction of sp³-hybridized carbons (Fsp3) is 0.410. The highest BCUT2D eigenvalue weighted by Gasteiger charge is 2.27. The first-order valence-corrected chi connectivity index (χ1v) is 19.1. The fourth-order valence-corrected chi connectivity index (χ4v) is 8.38. The molecule has 1 saturated carbocycles. The van der Waals surface area contributed by atoms with Crippen LogP contribution in [0.4, 0.5) is 0 Å². The molecule has 1 aromatic heterocycles. The van der Waals surface area contributed by atoms with E-state index >= 15 is 0 Å². The van der Waals surface area contributed by atoms with E-state index in [1.54, 1.807) is 37.3 Å². The van der Waals surface area contributed by atoms with Crippen molar-refractivity contribution < 1.29 is 32.3 Å². The van der Waals surface area contributed by atoms with Crippen LogP contribution < -0.4 is 14.8 Å². The molecular formula is C39H46N4O7S. The second kappa shape index (κ2) is 15.7. The predicted octanol–water partition coefficient (Wildman–Crippen LogP) is 4.94. The Morgan fingerprint density at radius 1 is 1.00 bits per heavy atom. The number of nitrogens with one attached hydrogen (secondary N) is 2. The van der Waals surface area contributed by atoms with Crippen LogP contribution in [0.5, 0.6) is 5.75 Å². The summed E-state index contributed by atoms with van der Waals surface area (Å²) in [5.74, 6) is -0.235. The lowest BCUT2D eigenvalue weighted by atomic mass is 9.97. The highest BCUT2D eigenvalue weighted by Crippen LogP contribution is 2.32. The average Bonchev–Trinajstić information content (AvgIpc) is 3.78. The number of hydrogen-bond acceptors (Lipinski definition) is 7. The Labute approximate surface area is 299 Å². The number of aryl methyl sites for hydroxylation is 1. The Hall–Kier alpha value is -4.68. The van der Waals surface area contributed by atoms with Crippen LogP contribution in [-0.2, 0) is 37.3 Å². The first-order valence-electron chi connectivity index (χ1n) is 17.6. The zero-order valence-corrected chi connectivity index (χ0v) is 30.3. The molecule has 2 fully saturated rings. The van der Waals surface area contributed by atoms with Crippen LogP contribution in [-0.4, -0.2) is 75.6 Å². The van der Waals surface area contributed by atoms with Gasteiger partial charge < -0.3 is 24.3 Å². The Bertz CT molecular complexity index is 2030. The highest BCUT2D eigenvalue weighted by molar-refractivity contribution is 7.90. The number of fused-ring (bicyclic) bond motifs is 1. The van der Waals surface area contributed by atoms with E-state index in [1.165, 1.54) is 32.1 Å². The van der Waals surface area contributed by atoms with Crippen LogP contribution in [0.2, 0.25) is 0 Å². The maximum Gasteiger partial charge on any atom is 0.265 e. The lowest BCUT2D eigenvalue weighted by Crippen LogP contribution is -2.42. The zero-order chi connectivity index (χ0) is 36.1. The molecule has 1 unspecified atom stereocenters. The molecule has 0 bridgehead atoms. The SMILES string of the molecule is COc1cc(C(=O)NS(=O)(=O)c2ccccc2C)ccc1Cn1cc(C(C)C(=O)N2CCOCC2)c2ccc(CC(=O)NCC3CCCC3)cc21. The molecule has 12 heteroatoms. The average molecular weight is 715 g/mol. The van der Waals surface area contributed by atoms with Crippen LogP contribution in [0, 0.1) is 12.8 Å². The number of methoxy groups -OCH3 is 1. The minimum Gasteiger partial charge on any atom is -0.496 e. The Balaban J connectivity index is 1.28. The molecule has 4 aromatic rings. The Morgan fingerprint density at radius 2 is 1.75 bits per heavy atom. The summed E-state index contributed by atoms with van der Waals surface area (Å²) in [4.78, 5) is 41.6. The lowest BCUT2D eigenvalue weighted by molar-refractivity contribution is -0.136. The van der Waals surface area contributed by atoms with Crippen LogP contribution >= 0.6 is 0 Å². The number of aromatic nitrogens is 1. The van der Waals surface area contributed by atoms with E-state index in [4.69, 9.17) is 9.47 Å². The van der Waals surface area contributed by atoms with Gasteiger partial charge in [0.15, 0.2) is 0 Å². The van der Waals surface area contributed by atoms with Crippen LogP contribution in [0.15, 0.2) is 71.8 Å². The number of carbonyl (C=O) groups excluding carboxylic acids is 3. The predicted molar refractivity (Wildman–Crippen MR) is 194 cm³/mol. The number of sulfonamides is 1. The Kier molecular flexibility index (Phi) is 11.1. The van der Waals surface area contributed by atoms with E-state index in [1.807, 2.05) is 40.8 Å². The third kappa shape index (κ3) is 8.28. The molecule has 2 aliphatic rings. The molecule has 1 aliphatic carbocycles. The topological polar surface area (TPSA) is 136 Å². The molecule has 0 radical (unpaired) electrons. The maximum atomic E-state index is 13.6. The lowest BCUT2D eigenvalue weighted by Gasteiger charge is -2.29. The zero-order valence-electron chi connectivity index (χ0n) is 29.4. The largest absolute Gasteiger partial charge is 0.496 e. The van der Waals surface area contributed by atoms with Crippen LogP contribution in [0.3, 0.4) is 0 Å². The third-order valence-electron chi connectivity index (χ3n) is 10.1. The van der Waals surface area contributed by atoms with Crippen molar-refractivity contribution in [3.05, 3.63) is 94.7 Å². The number of nitrogens with zero attached hydrogens (tertiary/aromatic N) is 2. The molecule has 3 aromatic carbocycles. The van der Waals surface area contributed by atoms with Crippen molar-refractivity contribution in [3.63, 3.8) is 0 Å². The minimum atomic E-state index is -4.09. The standard InChI is InChI=1S/C39H46N4O7S/c1-26-8-4-7-11-36(26)51(47,48)41-38(45)30-13-14-31(35(22-30)49-3)24-43-25-33(27(2)39(46)42-16-18-50-19-17-42)32-15-12-29(20-34(32)43)21-37(44)40-23-28-9-5-6-10-28/h4,7-8,11-15,20,22,25,27-28H,5-6,9-10,16-19,21,23-24H2,1-3H3,(H,40,44)(H,41,45). The summed E-state index contributed by atoms with van der Waals surface area (Å²) >= 11 is 0. The van der Waals surface area contributed by atoms with Gasteiger partial charge in [0, 0.05) is 47.9 Å². The van der Waals surface area contributed by atoms with Gasteiger partial charge in [-0.2, -0.15) is 0 Å². The van der Waals surface area contributed by atoms with Gasteiger partial charge in [0.1, 0.15) is 5.75 Å². The molecular weight excluding hydrogens is 669 g/mol. The number of carbonyl (C=O) groups is 3. The molecule has 51 heavy (non-hydrogen) atoms. The molecule has 1 atom stereocenters. The van der Waals surface area contributed by atoms with Gasteiger partial charge in [0.25, 0.3) is 15.9 Å². The van der Waals surface area contributed by atoms with Crippen molar-refractivity contribution in [1.82, 2.24) is 19.5 Å². The summed E-state index contributed by atoms with van der Waals surface area (Å²) in [7, 11) is -2.60. The van der Waals surface area contributed by atoms with E-state index < -0.39 is 21.8 Å². The van der Waals surface area contributed by atoms with Crippen molar-refractivity contribution >= 4 is 38.6 Å². The smallest absolute Gasteiger partial charge is 0.265 e. The summed E-state index contributed by atoms with van der Waals surface area (Å²) in [5.41, 5.74) is 3.99. The molecule has 6 rings (SSSR count). The van der Waals surface area contributed by atoms with Gasteiger partial charge in [-0.15, -0.1) is 0 Å². The first kappa shape index (κ1) is 36.1. The number of amides is 3. The van der Waals surface area contributed by atoms with Crippen molar-refractivity contribution in [2.75, 3.05) is 40.0 Å². The number of ether oxygens (including phenoxy) is 2. The van der Waals surface area contributed by atoms with Gasteiger partial charge in [-0.05, 0) is 73.6 Å². The maximum absolute atomic E-state index is 13.6. The van der Waals surface area contributed by atoms with Crippen molar-refractivity contribution in [1.29, 1.82) is 0 Å². The summed E-state index contributed by atoms with van der Waals surface area (Å²) in [6.45, 7) is 6.74. The quantitative estimate of drug-likeness (QED) is 0.212. The summed E-state index contributed by atoms with van der Waals surface area (Å²) in [6.07, 6.45) is 6.98. The second-order valence-corrected chi connectivity index (χ2v) is 15.2. The number of morpholine rings is 1. The van der Waals surface area contributed by atoms with Gasteiger partial charge in [0.05, 0.1) is 44.1 Å². The van der Waals surface area contributed by atoms with E-state index in [-0.39, 0.29) is 28.7 Å². The van der Waals surface area contributed by atoms with E-state index in [9.17, 15) is 22.8 Å². The third-order valence-corrected chi connectivity index (χ3v) is 11.6. The van der Waals surface area contributed by atoms with Crippen molar-refractivity contribution in [3.8, 4) is 5.75 Å². The molecule has 3 amide bonds. The summed E-state index contributed by atoms with van der Waals surface area (Å²) in [6, 6.07) is 17.2. The molecule has 270 valence electrons. The molecule has 2 heterocycles.